The molecule has 8 atom stereocenters. The highest BCUT2D eigenvalue weighted by Gasteiger charge is 2.66. The number of ketones is 1. The van der Waals surface area contributed by atoms with E-state index in [1.54, 1.807) is 0 Å². The van der Waals surface area contributed by atoms with Gasteiger partial charge in [-0.3, -0.25) is 4.79 Å². The zero-order chi connectivity index (χ0) is 22.2. The number of hydrogen-bond acceptors (Lipinski definition) is 2. The average Bonchev–Trinajstić information content (AvgIpc) is 3.44. The van der Waals surface area contributed by atoms with Crippen LogP contribution in [0.1, 0.15) is 98.8 Å². The van der Waals surface area contributed by atoms with E-state index >= 15 is 0 Å². The molecule has 5 rings (SSSR count). The van der Waals surface area contributed by atoms with Crippen LogP contribution in [-0.4, -0.2) is 17.0 Å². The van der Waals surface area contributed by atoms with E-state index in [1.807, 2.05) is 0 Å². The Hall–Kier alpha value is -0.890. The third-order valence-corrected chi connectivity index (χ3v) is 11.1. The van der Waals surface area contributed by atoms with Crippen molar-refractivity contribution < 1.29 is 9.90 Å². The van der Waals surface area contributed by atoms with Gasteiger partial charge in [0.05, 0.1) is 11.5 Å². The topological polar surface area (TPSA) is 37.3 Å². The molecule has 31 heavy (non-hydrogen) atoms. The van der Waals surface area contributed by atoms with E-state index in [2.05, 4.69) is 46.8 Å². The van der Waals surface area contributed by atoms with Crippen LogP contribution in [0.5, 0.6) is 0 Å². The summed E-state index contributed by atoms with van der Waals surface area (Å²) in [6.07, 6.45) is 15.8. The molecular weight excluding hydrogens is 380 g/mol. The van der Waals surface area contributed by atoms with Crippen molar-refractivity contribution in [2.75, 3.05) is 0 Å². The van der Waals surface area contributed by atoms with Crippen molar-refractivity contribution >= 4 is 5.78 Å². The first-order valence-electron chi connectivity index (χ1n) is 13.2. The molecule has 0 aliphatic heterocycles. The summed E-state index contributed by atoms with van der Waals surface area (Å²) >= 11 is 0. The van der Waals surface area contributed by atoms with Crippen LogP contribution in [0.15, 0.2) is 23.3 Å². The second kappa shape index (κ2) is 7.31. The van der Waals surface area contributed by atoms with Crippen molar-refractivity contribution in [3.05, 3.63) is 23.3 Å². The standard InChI is InChI=1S/C29H44O2/c1-18(2)7-6-8-19(3)22-17-23(30)26-20-9-10-24-27(4,21(20)11-13-28(22,26)5)14-12-25(31)29(24)15-16-29/h7,10,19-23,26,30H,6,8-9,11-17H2,1-5H3/t19-,20-,21+,22-,23+,26-,27-,28-/m1/s1. The molecule has 0 saturated heterocycles. The van der Waals surface area contributed by atoms with Crippen LogP contribution in [0.4, 0.5) is 0 Å². The molecule has 0 radical (unpaired) electrons. The van der Waals surface area contributed by atoms with E-state index < -0.39 is 0 Å². The molecule has 0 aromatic carbocycles. The number of aliphatic hydroxyl groups is 1. The normalized spacial score (nSPS) is 45.9. The molecule has 0 aromatic heterocycles. The van der Waals surface area contributed by atoms with Crippen LogP contribution in [0.3, 0.4) is 0 Å². The lowest BCUT2D eigenvalue weighted by molar-refractivity contribution is -0.129. The molecule has 4 fully saturated rings. The Morgan fingerprint density at radius 3 is 2.65 bits per heavy atom. The van der Waals surface area contributed by atoms with Crippen LogP contribution in [-0.2, 0) is 4.79 Å². The van der Waals surface area contributed by atoms with Crippen molar-refractivity contribution in [2.45, 2.75) is 105 Å². The Bertz CT molecular complexity index is 813. The number of carbonyl (C=O) groups is 1. The van der Waals surface area contributed by atoms with Gasteiger partial charge in [0.1, 0.15) is 5.78 Å². The highest BCUT2D eigenvalue weighted by molar-refractivity contribution is 5.92. The predicted octanol–water partition coefficient (Wildman–Crippen LogP) is 6.88. The van der Waals surface area contributed by atoms with E-state index in [0.717, 1.165) is 38.5 Å². The first-order chi connectivity index (χ1) is 14.6. The van der Waals surface area contributed by atoms with Gasteiger partial charge in [-0.1, -0.05) is 44.1 Å². The molecule has 5 aliphatic rings. The number of fused-ring (bicyclic) bond motifs is 6. The van der Waals surface area contributed by atoms with Crippen LogP contribution in [0.2, 0.25) is 0 Å². The van der Waals surface area contributed by atoms with E-state index in [4.69, 9.17) is 0 Å². The molecule has 1 spiro atoms. The zero-order valence-corrected chi connectivity index (χ0v) is 20.5. The number of allylic oxidation sites excluding steroid dienone is 4. The Kier molecular flexibility index (Phi) is 5.17. The average molecular weight is 425 g/mol. The van der Waals surface area contributed by atoms with Gasteiger partial charge in [0, 0.05) is 6.42 Å². The van der Waals surface area contributed by atoms with Crippen molar-refractivity contribution in [2.24, 2.45) is 45.8 Å². The predicted molar refractivity (Wildman–Crippen MR) is 126 cm³/mol. The molecule has 0 bridgehead atoms. The molecule has 1 N–H and O–H groups in total. The SMILES string of the molecule is CC(C)=CCC[C@@H](C)[C@H]1C[C@H](O)[C@H]2[C@@H]3CC=C4C5(CC5)C(=O)CC[C@]4(C)[C@H]3CC[C@@]21C. The van der Waals surface area contributed by atoms with Crippen LogP contribution in [0.25, 0.3) is 0 Å². The van der Waals surface area contributed by atoms with Gasteiger partial charge in [-0.2, -0.15) is 0 Å². The van der Waals surface area contributed by atoms with Gasteiger partial charge in [-0.05, 0) is 112 Å². The molecule has 172 valence electrons. The summed E-state index contributed by atoms with van der Waals surface area (Å²) < 4.78 is 0. The molecule has 5 aliphatic carbocycles. The van der Waals surface area contributed by atoms with Gasteiger partial charge in [-0.15, -0.1) is 0 Å². The zero-order valence-electron chi connectivity index (χ0n) is 20.5. The van der Waals surface area contributed by atoms with Gasteiger partial charge < -0.3 is 5.11 Å². The van der Waals surface area contributed by atoms with E-state index in [0.29, 0.717) is 35.4 Å². The van der Waals surface area contributed by atoms with E-state index in [-0.39, 0.29) is 22.3 Å². The third-order valence-electron chi connectivity index (χ3n) is 11.1. The van der Waals surface area contributed by atoms with Gasteiger partial charge in [-0.25, -0.2) is 0 Å². The minimum absolute atomic E-state index is 0.0605. The van der Waals surface area contributed by atoms with Crippen molar-refractivity contribution in [3.8, 4) is 0 Å². The fourth-order valence-electron chi connectivity index (χ4n) is 9.43. The van der Waals surface area contributed by atoms with Gasteiger partial charge >= 0.3 is 0 Å². The third kappa shape index (κ3) is 3.10. The maximum Gasteiger partial charge on any atom is 0.143 e. The summed E-state index contributed by atoms with van der Waals surface area (Å²) in [5, 5.41) is 11.4. The Balaban J connectivity index is 1.41. The lowest BCUT2D eigenvalue weighted by atomic mass is 9.45. The van der Waals surface area contributed by atoms with Gasteiger partial charge in [0.15, 0.2) is 0 Å². The smallest absolute Gasteiger partial charge is 0.143 e. The van der Waals surface area contributed by atoms with Crippen molar-refractivity contribution in [3.63, 3.8) is 0 Å². The highest BCUT2D eigenvalue weighted by Crippen LogP contribution is 2.72. The lowest BCUT2D eigenvalue weighted by Gasteiger charge is -2.59. The molecule has 0 amide bonds. The second-order valence-electron chi connectivity index (χ2n) is 12.9. The summed E-state index contributed by atoms with van der Waals surface area (Å²) in [6.45, 7) is 11.9. The molecule has 0 unspecified atom stereocenters. The first-order valence-corrected chi connectivity index (χ1v) is 13.2. The monoisotopic (exact) mass is 424 g/mol. The van der Waals surface area contributed by atoms with Gasteiger partial charge in [0.2, 0.25) is 0 Å². The summed E-state index contributed by atoms with van der Waals surface area (Å²) in [6, 6.07) is 0. The van der Waals surface area contributed by atoms with E-state index in [9.17, 15) is 9.90 Å². The summed E-state index contributed by atoms with van der Waals surface area (Å²) in [5.41, 5.74) is 3.35. The summed E-state index contributed by atoms with van der Waals surface area (Å²) in [4.78, 5) is 12.8. The molecule has 2 nitrogen and oxygen atoms in total. The quantitative estimate of drug-likeness (QED) is 0.500. The first kappa shape index (κ1) is 21.9. The number of Topliss-reactive ketones (excluding diaryl/α,β-unsaturated/α-hetero) is 1. The number of carbonyl (C=O) groups excluding carboxylic acids is 1. The minimum atomic E-state index is -0.146. The van der Waals surface area contributed by atoms with Crippen LogP contribution >= 0.6 is 0 Å². The summed E-state index contributed by atoms with van der Waals surface area (Å²) in [7, 11) is 0. The number of rotatable bonds is 4. The van der Waals surface area contributed by atoms with Crippen molar-refractivity contribution in [1.29, 1.82) is 0 Å². The van der Waals surface area contributed by atoms with Crippen molar-refractivity contribution in [1.82, 2.24) is 0 Å². The van der Waals surface area contributed by atoms with Crippen LogP contribution in [0, 0.1) is 45.8 Å². The minimum Gasteiger partial charge on any atom is -0.393 e. The maximum absolute atomic E-state index is 12.8. The second-order valence-corrected chi connectivity index (χ2v) is 12.9. The number of hydrogen-bond donors (Lipinski definition) is 1. The highest BCUT2D eigenvalue weighted by atomic mass is 16.3. The Labute approximate surface area is 190 Å². The fraction of sp³-hybridized carbons (Fsp3) is 0.828. The molecule has 0 heterocycles. The fourth-order valence-corrected chi connectivity index (χ4v) is 9.43. The number of aliphatic hydroxyl groups excluding tert-OH is 1. The van der Waals surface area contributed by atoms with E-state index in [1.165, 1.54) is 36.8 Å². The Morgan fingerprint density at radius 1 is 1.23 bits per heavy atom. The van der Waals surface area contributed by atoms with Crippen LogP contribution < -0.4 is 0 Å². The molecule has 0 aromatic rings. The molecule has 4 saturated carbocycles. The Morgan fingerprint density at radius 2 is 1.97 bits per heavy atom. The maximum atomic E-state index is 12.8. The largest absolute Gasteiger partial charge is 0.393 e. The summed E-state index contributed by atoms with van der Waals surface area (Å²) in [5.74, 6) is 3.53. The molecular formula is C29H44O2. The lowest BCUT2D eigenvalue weighted by Crippen LogP contribution is -2.53. The molecule has 2 heteroatoms. The van der Waals surface area contributed by atoms with Gasteiger partial charge in [0.25, 0.3) is 0 Å².